The average Bonchev–Trinajstić information content (AvgIpc) is 3.45. The molecule has 1 aromatic heterocycles. The first-order valence-electron chi connectivity index (χ1n) is 9.29. The summed E-state index contributed by atoms with van der Waals surface area (Å²) in [7, 11) is -3.32. The maximum Gasteiger partial charge on any atom is 0.289 e. The summed E-state index contributed by atoms with van der Waals surface area (Å²) in [5, 5.41) is 3.29. The van der Waals surface area contributed by atoms with E-state index >= 15 is 0 Å². The lowest BCUT2D eigenvalue weighted by Crippen LogP contribution is -2.32. The SMILES string of the molecule is C[C@H](/C=C/S(C)(=O)=O)NC(=O)c1ncc(O[C@H](c2cccc(F)c2Cl)C2(F)CC2)cn1. The average molecular weight is 472 g/mol. The molecule has 1 aliphatic carbocycles. The largest absolute Gasteiger partial charge is 0.479 e. The van der Waals surface area contributed by atoms with Gasteiger partial charge >= 0.3 is 0 Å². The highest BCUT2D eigenvalue weighted by atomic mass is 35.5. The van der Waals surface area contributed by atoms with E-state index in [9.17, 15) is 22.0 Å². The summed E-state index contributed by atoms with van der Waals surface area (Å²) in [5.74, 6) is -1.42. The van der Waals surface area contributed by atoms with Gasteiger partial charge < -0.3 is 10.1 Å². The van der Waals surface area contributed by atoms with Gasteiger partial charge in [-0.05, 0) is 25.8 Å². The van der Waals surface area contributed by atoms with Gasteiger partial charge in [-0.15, -0.1) is 0 Å². The fourth-order valence-electron chi connectivity index (χ4n) is 2.76. The highest BCUT2D eigenvalue weighted by Crippen LogP contribution is 2.52. The molecule has 3 rings (SSSR count). The summed E-state index contributed by atoms with van der Waals surface area (Å²) >= 11 is 6.01. The minimum Gasteiger partial charge on any atom is -0.479 e. The Labute approximate surface area is 183 Å². The lowest BCUT2D eigenvalue weighted by molar-refractivity contribution is 0.0811. The predicted octanol–water partition coefficient (Wildman–Crippen LogP) is 3.57. The van der Waals surface area contributed by atoms with Crippen LogP contribution in [-0.4, -0.2) is 42.3 Å². The van der Waals surface area contributed by atoms with Crippen molar-refractivity contribution in [1.82, 2.24) is 15.3 Å². The van der Waals surface area contributed by atoms with Gasteiger partial charge in [-0.3, -0.25) is 4.79 Å². The van der Waals surface area contributed by atoms with Crippen LogP contribution in [0.2, 0.25) is 5.02 Å². The number of sulfone groups is 1. The van der Waals surface area contributed by atoms with Crippen molar-refractivity contribution in [2.75, 3.05) is 6.26 Å². The maximum atomic E-state index is 14.9. The van der Waals surface area contributed by atoms with E-state index in [0.29, 0.717) is 0 Å². The second-order valence-corrected chi connectivity index (χ2v) is 9.65. The van der Waals surface area contributed by atoms with Gasteiger partial charge in [0.15, 0.2) is 27.4 Å². The molecule has 31 heavy (non-hydrogen) atoms. The van der Waals surface area contributed by atoms with Gasteiger partial charge in [-0.25, -0.2) is 27.2 Å². The molecule has 0 unspecified atom stereocenters. The van der Waals surface area contributed by atoms with E-state index in [-0.39, 0.29) is 35.0 Å². The molecule has 1 fully saturated rings. The third kappa shape index (κ3) is 5.98. The van der Waals surface area contributed by atoms with Gasteiger partial charge in [-0.1, -0.05) is 29.8 Å². The second kappa shape index (κ2) is 8.88. The summed E-state index contributed by atoms with van der Waals surface area (Å²) in [4.78, 5) is 20.0. The van der Waals surface area contributed by atoms with E-state index in [1.165, 1.54) is 36.7 Å². The molecule has 1 saturated carbocycles. The molecule has 1 aliphatic rings. The third-order valence-electron chi connectivity index (χ3n) is 4.52. The van der Waals surface area contributed by atoms with Crippen molar-refractivity contribution >= 4 is 27.3 Å². The highest BCUT2D eigenvalue weighted by Gasteiger charge is 2.53. The fourth-order valence-corrected chi connectivity index (χ4v) is 3.51. The summed E-state index contributed by atoms with van der Waals surface area (Å²) in [6.45, 7) is 1.58. The Bertz CT molecular complexity index is 1110. The van der Waals surface area contributed by atoms with Crippen LogP contribution < -0.4 is 10.1 Å². The van der Waals surface area contributed by atoms with Crippen molar-refractivity contribution in [3.8, 4) is 5.75 Å². The van der Waals surface area contributed by atoms with E-state index in [1.807, 2.05) is 0 Å². The molecule has 11 heteroatoms. The van der Waals surface area contributed by atoms with Gasteiger partial charge in [0, 0.05) is 23.3 Å². The molecule has 0 spiro atoms. The topological polar surface area (TPSA) is 98.2 Å². The van der Waals surface area contributed by atoms with Crippen LogP contribution in [0.25, 0.3) is 0 Å². The molecule has 0 bridgehead atoms. The van der Waals surface area contributed by atoms with E-state index in [0.717, 1.165) is 11.7 Å². The van der Waals surface area contributed by atoms with E-state index < -0.39 is 39.4 Å². The van der Waals surface area contributed by atoms with Crippen LogP contribution in [0.5, 0.6) is 5.75 Å². The number of nitrogens with one attached hydrogen (secondary N) is 1. The summed E-state index contributed by atoms with van der Waals surface area (Å²) < 4.78 is 56.7. The molecule has 166 valence electrons. The lowest BCUT2D eigenvalue weighted by Gasteiger charge is -2.23. The quantitative estimate of drug-likeness (QED) is 0.632. The van der Waals surface area contributed by atoms with Crippen LogP contribution in [-0.2, 0) is 9.84 Å². The van der Waals surface area contributed by atoms with Crippen molar-refractivity contribution in [2.24, 2.45) is 0 Å². The van der Waals surface area contributed by atoms with Crippen molar-refractivity contribution in [2.45, 2.75) is 37.6 Å². The highest BCUT2D eigenvalue weighted by molar-refractivity contribution is 7.93. The van der Waals surface area contributed by atoms with Crippen LogP contribution in [0.1, 0.15) is 42.1 Å². The van der Waals surface area contributed by atoms with Crippen molar-refractivity contribution in [3.63, 3.8) is 0 Å². The Kier molecular flexibility index (Phi) is 6.61. The number of nitrogens with zero attached hydrogens (tertiary/aromatic N) is 2. The Morgan fingerprint density at radius 2 is 1.97 bits per heavy atom. The van der Waals surface area contributed by atoms with Crippen molar-refractivity contribution < 1.29 is 26.7 Å². The number of carbonyl (C=O) groups is 1. The number of amides is 1. The molecule has 1 aromatic carbocycles. The van der Waals surface area contributed by atoms with Gasteiger partial charge in [0.1, 0.15) is 5.82 Å². The molecule has 1 heterocycles. The molecule has 1 amide bonds. The Hall–Kier alpha value is -2.59. The van der Waals surface area contributed by atoms with Crippen LogP contribution in [0, 0.1) is 5.82 Å². The zero-order valence-electron chi connectivity index (χ0n) is 16.7. The Balaban J connectivity index is 1.72. The number of aromatic nitrogens is 2. The van der Waals surface area contributed by atoms with E-state index in [1.54, 1.807) is 6.92 Å². The molecule has 0 saturated heterocycles. The predicted molar refractivity (Wildman–Crippen MR) is 111 cm³/mol. The van der Waals surface area contributed by atoms with Crippen LogP contribution in [0.3, 0.4) is 0 Å². The zero-order chi connectivity index (χ0) is 22.8. The molecule has 7 nitrogen and oxygen atoms in total. The number of alkyl halides is 1. The third-order valence-corrected chi connectivity index (χ3v) is 5.57. The molecule has 2 atom stereocenters. The standard InChI is InChI=1S/C20H20ClF2N3O4S/c1-12(6-9-31(2,28)29)26-19(27)18-24-10-13(11-25-18)30-17(20(23)7-8-20)14-4-3-5-15(22)16(14)21/h3-6,9-12,17H,7-8H2,1-2H3,(H,26,27)/b9-6+/t12-,17-/m1/s1. The van der Waals surface area contributed by atoms with Crippen LogP contribution in [0.15, 0.2) is 42.1 Å². The lowest BCUT2D eigenvalue weighted by atomic mass is 10.0. The molecule has 0 radical (unpaired) electrons. The van der Waals surface area contributed by atoms with E-state index in [4.69, 9.17) is 16.3 Å². The van der Waals surface area contributed by atoms with Crippen molar-refractivity contribution in [1.29, 1.82) is 0 Å². The number of ether oxygens (including phenoxy) is 1. The number of hydrogen-bond acceptors (Lipinski definition) is 6. The number of halogens is 3. The first kappa shape index (κ1) is 23.1. The molecular weight excluding hydrogens is 452 g/mol. The van der Waals surface area contributed by atoms with Gasteiger partial charge in [-0.2, -0.15) is 0 Å². The summed E-state index contributed by atoms with van der Waals surface area (Å²) in [5.41, 5.74) is -1.51. The first-order valence-corrected chi connectivity index (χ1v) is 11.6. The summed E-state index contributed by atoms with van der Waals surface area (Å²) in [6.07, 6.45) is 4.08. The minimum absolute atomic E-state index is 0.0795. The minimum atomic E-state index is -3.32. The van der Waals surface area contributed by atoms with Crippen LogP contribution >= 0.6 is 11.6 Å². The number of rotatable bonds is 8. The van der Waals surface area contributed by atoms with Gasteiger partial charge in [0.25, 0.3) is 5.91 Å². The van der Waals surface area contributed by atoms with E-state index in [2.05, 4.69) is 15.3 Å². The fraction of sp³-hybridized carbons (Fsp3) is 0.350. The molecule has 2 aromatic rings. The Morgan fingerprint density at radius 3 is 2.55 bits per heavy atom. The number of carbonyl (C=O) groups excluding carboxylic acids is 1. The summed E-state index contributed by atoms with van der Waals surface area (Å²) in [6, 6.07) is 3.50. The smallest absolute Gasteiger partial charge is 0.289 e. The molecule has 1 N–H and O–H groups in total. The number of benzene rings is 1. The normalized spacial score (nSPS) is 17.2. The van der Waals surface area contributed by atoms with Gasteiger partial charge in [0.2, 0.25) is 5.82 Å². The zero-order valence-corrected chi connectivity index (χ0v) is 18.3. The second-order valence-electron chi connectivity index (χ2n) is 7.34. The van der Waals surface area contributed by atoms with Crippen LogP contribution in [0.4, 0.5) is 8.78 Å². The number of hydrogen-bond donors (Lipinski definition) is 1. The monoisotopic (exact) mass is 471 g/mol. The maximum absolute atomic E-state index is 14.9. The molecular formula is C20H20ClF2N3O4S. The molecule has 0 aliphatic heterocycles. The van der Waals surface area contributed by atoms with Gasteiger partial charge in [0.05, 0.1) is 17.4 Å². The first-order chi connectivity index (χ1) is 14.5. The van der Waals surface area contributed by atoms with Crippen molar-refractivity contribution in [3.05, 3.63) is 64.3 Å². The Morgan fingerprint density at radius 1 is 1.32 bits per heavy atom.